The van der Waals surface area contributed by atoms with E-state index in [-0.39, 0.29) is 29.9 Å². The molecule has 7 nitrogen and oxygen atoms in total. The number of halogens is 1. The van der Waals surface area contributed by atoms with Crippen molar-refractivity contribution in [1.82, 2.24) is 20.9 Å². The highest BCUT2D eigenvalue weighted by atomic mass is 127. The van der Waals surface area contributed by atoms with Crippen LogP contribution in [0.15, 0.2) is 39.9 Å². The maximum absolute atomic E-state index is 11.8. The molecule has 8 heteroatoms. The lowest BCUT2D eigenvalue weighted by Gasteiger charge is -2.24. The van der Waals surface area contributed by atoms with Crippen molar-refractivity contribution in [2.45, 2.75) is 27.3 Å². The van der Waals surface area contributed by atoms with Gasteiger partial charge in [-0.3, -0.25) is 9.79 Å². The minimum absolute atomic E-state index is 0. The Bertz CT molecular complexity index is 769. The standard InChI is InChI=1S/C19H27N5O2.HI/c1-13-6-8-14(9-7-13)16-24-15(11-26-16)10-22-18(21-5)23-12-19(2,3)17(25)20-4;/h6-9,11H,10,12H2,1-5H3,(H,20,25)(H2,21,22,23);1H. The van der Waals surface area contributed by atoms with Crippen LogP contribution in [0.3, 0.4) is 0 Å². The molecule has 1 aromatic carbocycles. The van der Waals surface area contributed by atoms with Crippen LogP contribution in [-0.2, 0) is 11.3 Å². The van der Waals surface area contributed by atoms with Gasteiger partial charge in [-0.15, -0.1) is 24.0 Å². The first-order valence-corrected chi connectivity index (χ1v) is 8.54. The Morgan fingerprint density at radius 1 is 1.22 bits per heavy atom. The van der Waals surface area contributed by atoms with E-state index < -0.39 is 5.41 Å². The summed E-state index contributed by atoms with van der Waals surface area (Å²) in [4.78, 5) is 20.5. The summed E-state index contributed by atoms with van der Waals surface area (Å²) >= 11 is 0. The second kappa shape index (κ2) is 10.3. The number of nitrogens with one attached hydrogen (secondary N) is 3. The van der Waals surface area contributed by atoms with E-state index in [0.717, 1.165) is 11.3 Å². The lowest BCUT2D eigenvalue weighted by atomic mass is 9.92. The minimum Gasteiger partial charge on any atom is -0.444 e. The Balaban J connectivity index is 0.00000364. The second-order valence-corrected chi connectivity index (χ2v) is 6.75. The molecule has 0 bridgehead atoms. The van der Waals surface area contributed by atoms with E-state index in [1.165, 1.54) is 5.56 Å². The number of amides is 1. The highest BCUT2D eigenvalue weighted by Gasteiger charge is 2.26. The number of guanidine groups is 1. The second-order valence-electron chi connectivity index (χ2n) is 6.75. The Kier molecular flexibility index (Phi) is 8.74. The van der Waals surface area contributed by atoms with Crippen LogP contribution in [0.1, 0.15) is 25.1 Å². The van der Waals surface area contributed by atoms with Crippen molar-refractivity contribution in [1.29, 1.82) is 0 Å². The lowest BCUT2D eigenvalue weighted by molar-refractivity contribution is -0.128. The highest BCUT2D eigenvalue weighted by Crippen LogP contribution is 2.19. The van der Waals surface area contributed by atoms with Gasteiger partial charge in [0.05, 0.1) is 17.7 Å². The predicted octanol–water partition coefficient (Wildman–Crippen LogP) is 2.71. The van der Waals surface area contributed by atoms with Crippen LogP contribution < -0.4 is 16.0 Å². The fraction of sp³-hybridized carbons (Fsp3) is 0.421. The Morgan fingerprint density at radius 3 is 2.48 bits per heavy atom. The van der Waals surface area contributed by atoms with Gasteiger partial charge in [0.25, 0.3) is 0 Å². The number of nitrogens with zero attached hydrogens (tertiary/aromatic N) is 2. The first-order chi connectivity index (χ1) is 12.4. The highest BCUT2D eigenvalue weighted by molar-refractivity contribution is 14.0. The molecular weight excluding hydrogens is 457 g/mol. The Hall–Kier alpha value is -2.10. The quantitative estimate of drug-likeness (QED) is 0.333. The molecule has 0 fully saturated rings. The normalized spacial score (nSPS) is 11.5. The monoisotopic (exact) mass is 485 g/mol. The predicted molar refractivity (Wildman–Crippen MR) is 118 cm³/mol. The maximum atomic E-state index is 11.8. The molecule has 0 radical (unpaired) electrons. The first-order valence-electron chi connectivity index (χ1n) is 8.54. The van der Waals surface area contributed by atoms with Crippen LogP contribution >= 0.6 is 24.0 Å². The van der Waals surface area contributed by atoms with Crippen LogP contribution in [0.2, 0.25) is 0 Å². The number of aryl methyl sites for hydroxylation is 1. The van der Waals surface area contributed by atoms with E-state index in [0.29, 0.717) is 24.9 Å². The van der Waals surface area contributed by atoms with Crippen LogP contribution in [0.4, 0.5) is 0 Å². The average Bonchev–Trinajstić information content (AvgIpc) is 3.10. The SMILES string of the molecule is CN=C(NCc1coc(-c2ccc(C)cc2)n1)NCC(C)(C)C(=O)NC.I. The molecule has 3 N–H and O–H groups in total. The van der Waals surface area contributed by atoms with Gasteiger partial charge in [0.2, 0.25) is 11.8 Å². The van der Waals surface area contributed by atoms with Crippen molar-refractivity contribution < 1.29 is 9.21 Å². The summed E-state index contributed by atoms with van der Waals surface area (Å²) in [5, 5.41) is 9.00. The molecule has 148 valence electrons. The van der Waals surface area contributed by atoms with E-state index in [9.17, 15) is 4.79 Å². The molecule has 0 spiro atoms. The lowest BCUT2D eigenvalue weighted by Crippen LogP contribution is -2.47. The van der Waals surface area contributed by atoms with Crippen LogP contribution in [0, 0.1) is 12.3 Å². The van der Waals surface area contributed by atoms with E-state index in [2.05, 4.69) is 25.9 Å². The molecule has 0 aliphatic carbocycles. The molecule has 1 aromatic heterocycles. The zero-order valence-corrected chi connectivity index (χ0v) is 18.8. The Morgan fingerprint density at radius 2 is 1.89 bits per heavy atom. The zero-order chi connectivity index (χ0) is 19.2. The number of benzene rings is 1. The zero-order valence-electron chi connectivity index (χ0n) is 16.4. The van der Waals surface area contributed by atoms with Gasteiger partial charge in [-0.1, -0.05) is 17.7 Å². The number of rotatable bonds is 6. The van der Waals surface area contributed by atoms with Gasteiger partial charge < -0.3 is 20.4 Å². The van der Waals surface area contributed by atoms with Crippen LogP contribution in [0.25, 0.3) is 11.5 Å². The Labute approximate surface area is 177 Å². The molecule has 0 saturated carbocycles. The molecule has 0 aliphatic heterocycles. The number of carbonyl (C=O) groups excluding carboxylic acids is 1. The molecule has 0 aliphatic rings. The smallest absolute Gasteiger partial charge is 0.227 e. The van der Waals surface area contributed by atoms with Gasteiger partial charge in [-0.25, -0.2) is 4.98 Å². The van der Waals surface area contributed by atoms with Gasteiger partial charge in [0.1, 0.15) is 6.26 Å². The largest absolute Gasteiger partial charge is 0.444 e. The van der Waals surface area contributed by atoms with E-state index in [1.54, 1.807) is 20.4 Å². The summed E-state index contributed by atoms with van der Waals surface area (Å²) in [7, 11) is 3.32. The van der Waals surface area contributed by atoms with Crippen molar-refractivity contribution >= 4 is 35.8 Å². The van der Waals surface area contributed by atoms with Crippen molar-refractivity contribution in [3.63, 3.8) is 0 Å². The number of hydrogen-bond acceptors (Lipinski definition) is 4. The van der Waals surface area contributed by atoms with Gasteiger partial charge >= 0.3 is 0 Å². The van der Waals surface area contributed by atoms with E-state index in [1.807, 2.05) is 45.0 Å². The van der Waals surface area contributed by atoms with Crippen molar-refractivity contribution in [3.8, 4) is 11.5 Å². The van der Waals surface area contributed by atoms with Gasteiger partial charge in [0.15, 0.2) is 5.96 Å². The maximum Gasteiger partial charge on any atom is 0.227 e. The van der Waals surface area contributed by atoms with Crippen molar-refractivity contribution in [2.24, 2.45) is 10.4 Å². The van der Waals surface area contributed by atoms with Gasteiger partial charge in [-0.05, 0) is 32.9 Å². The molecule has 1 amide bonds. The third kappa shape index (κ3) is 6.53. The summed E-state index contributed by atoms with van der Waals surface area (Å²) in [5.74, 6) is 1.16. The topological polar surface area (TPSA) is 91.6 Å². The summed E-state index contributed by atoms with van der Waals surface area (Å²) in [5.41, 5.74) is 2.36. The number of aliphatic imine (C=N–C) groups is 1. The van der Waals surface area contributed by atoms with E-state index >= 15 is 0 Å². The fourth-order valence-electron chi connectivity index (χ4n) is 2.34. The third-order valence-electron chi connectivity index (χ3n) is 4.05. The minimum atomic E-state index is -0.543. The van der Waals surface area contributed by atoms with E-state index in [4.69, 9.17) is 4.42 Å². The summed E-state index contributed by atoms with van der Waals surface area (Å²) in [6.07, 6.45) is 1.63. The molecule has 1 heterocycles. The molecule has 2 rings (SSSR count). The first kappa shape index (κ1) is 22.9. The number of oxazole rings is 1. The van der Waals surface area contributed by atoms with Gasteiger partial charge in [-0.2, -0.15) is 0 Å². The van der Waals surface area contributed by atoms with Gasteiger partial charge in [0, 0.05) is 26.2 Å². The summed E-state index contributed by atoms with van der Waals surface area (Å²) < 4.78 is 5.55. The number of carbonyl (C=O) groups is 1. The number of aromatic nitrogens is 1. The summed E-state index contributed by atoms with van der Waals surface area (Å²) in [6.45, 7) is 6.71. The van der Waals surface area contributed by atoms with Crippen molar-refractivity contribution in [2.75, 3.05) is 20.6 Å². The fourth-order valence-corrected chi connectivity index (χ4v) is 2.34. The molecular formula is C19H28IN5O2. The molecule has 0 unspecified atom stereocenters. The average molecular weight is 485 g/mol. The summed E-state index contributed by atoms with van der Waals surface area (Å²) in [6, 6.07) is 8.02. The number of hydrogen-bond donors (Lipinski definition) is 3. The van der Waals surface area contributed by atoms with Crippen LogP contribution in [0.5, 0.6) is 0 Å². The van der Waals surface area contributed by atoms with Crippen molar-refractivity contribution in [3.05, 3.63) is 41.8 Å². The molecule has 27 heavy (non-hydrogen) atoms. The van der Waals surface area contributed by atoms with Crippen LogP contribution in [-0.4, -0.2) is 37.5 Å². The molecule has 0 atom stereocenters. The molecule has 2 aromatic rings. The third-order valence-corrected chi connectivity index (χ3v) is 4.05. The molecule has 0 saturated heterocycles.